The van der Waals surface area contributed by atoms with Crippen molar-refractivity contribution >= 4 is 17.5 Å². The summed E-state index contributed by atoms with van der Waals surface area (Å²) in [5, 5.41) is 3.21. The molecule has 1 amide bonds. The molecule has 1 N–H and O–H groups in total. The van der Waals surface area contributed by atoms with Crippen LogP contribution in [0.4, 0.5) is 0 Å². The minimum absolute atomic E-state index is 0.121. The van der Waals surface area contributed by atoms with E-state index in [0.717, 1.165) is 11.3 Å². The summed E-state index contributed by atoms with van der Waals surface area (Å²) < 4.78 is 16.1. The summed E-state index contributed by atoms with van der Waals surface area (Å²) in [4.78, 5) is 12.2. The fourth-order valence-corrected chi connectivity index (χ4v) is 2.64. The third kappa shape index (κ3) is 3.92. The summed E-state index contributed by atoms with van der Waals surface area (Å²) in [7, 11) is 0. The van der Waals surface area contributed by atoms with Crippen LogP contribution in [0.2, 0.25) is 5.02 Å². The maximum Gasteiger partial charge on any atom is 0.251 e. The molecule has 0 aliphatic carbocycles. The van der Waals surface area contributed by atoms with E-state index < -0.39 is 0 Å². The summed E-state index contributed by atoms with van der Waals surface area (Å²) in [6.07, 6.45) is 0.706. The van der Waals surface area contributed by atoms with Gasteiger partial charge in [-0.2, -0.15) is 0 Å². The third-order valence-electron chi connectivity index (χ3n) is 3.55. The molecular weight excluding hydrogens is 330 g/mol. The van der Waals surface area contributed by atoms with Crippen molar-refractivity contribution < 1.29 is 19.0 Å². The number of carbonyl (C=O) groups is 1. The van der Waals surface area contributed by atoms with E-state index in [1.54, 1.807) is 12.1 Å². The SMILES string of the molecule is Cc1cccc(OCCCNC(=O)c2cc(Cl)c3c(c2)OCO3)c1. The number of halogens is 1. The third-order valence-corrected chi connectivity index (χ3v) is 3.84. The molecule has 0 saturated carbocycles. The molecule has 6 heteroatoms. The van der Waals surface area contributed by atoms with Crippen LogP contribution in [0.3, 0.4) is 0 Å². The number of fused-ring (bicyclic) bond motifs is 1. The Morgan fingerprint density at radius 1 is 1.29 bits per heavy atom. The predicted octanol–water partition coefficient (Wildman–Crippen LogP) is 3.58. The normalized spacial score (nSPS) is 12.1. The fourth-order valence-electron chi connectivity index (χ4n) is 2.37. The van der Waals surface area contributed by atoms with Gasteiger partial charge in [0.15, 0.2) is 11.5 Å². The van der Waals surface area contributed by atoms with Gasteiger partial charge in [-0.1, -0.05) is 23.7 Å². The molecule has 0 aromatic heterocycles. The van der Waals surface area contributed by atoms with Gasteiger partial charge in [0, 0.05) is 12.1 Å². The summed E-state index contributed by atoms with van der Waals surface area (Å²) in [6, 6.07) is 11.1. The first kappa shape index (κ1) is 16.5. The van der Waals surface area contributed by atoms with Gasteiger partial charge >= 0.3 is 0 Å². The lowest BCUT2D eigenvalue weighted by molar-refractivity contribution is 0.0951. The summed E-state index contributed by atoms with van der Waals surface area (Å²) in [5.41, 5.74) is 1.60. The van der Waals surface area contributed by atoms with E-state index in [1.165, 1.54) is 0 Å². The molecule has 1 aliphatic heterocycles. The number of rotatable bonds is 6. The number of nitrogens with one attached hydrogen (secondary N) is 1. The van der Waals surface area contributed by atoms with Gasteiger partial charge in [-0.25, -0.2) is 0 Å². The van der Waals surface area contributed by atoms with E-state index in [-0.39, 0.29) is 12.7 Å². The zero-order valence-electron chi connectivity index (χ0n) is 13.3. The lowest BCUT2D eigenvalue weighted by Gasteiger charge is -2.09. The van der Waals surface area contributed by atoms with Gasteiger partial charge in [-0.3, -0.25) is 4.79 Å². The molecule has 0 fully saturated rings. The molecular formula is C18H18ClNO4. The van der Waals surface area contributed by atoms with E-state index in [9.17, 15) is 4.79 Å². The van der Waals surface area contributed by atoms with Crippen molar-refractivity contribution in [3.63, 3.8) is 0 Å². The number of aryl methyl sites for hydroxylation is 1. The Bertz CT molecular complexity index is 748. The molecule has 24 heavy (non-hydrogen) atoms. The lowest BCUT2D eigenvalue weighted by Crippen LogP contribution is -2.25. The van der Waals surface area contributed by atoms with E-state index in [4.69, 9.17) is 25.8 Å². The highest BCUT2D eigenvalue weighted by Gasteiger charge is 2.20. The molecule has 1 heterocycles. The summed E-state index contributed by atoms with van der Waals surface area (Å²) >= 11 is 6.08. The van der Waals surface area contributed by atoms with Gasteiger partial charge in [-0.05, 0) is 43.2 Å². The summed E-state index contributed by atoms with van der Waals surface area (Å²) in [6.45, 7) is 3.18. The van der Waals surface area contributed by atoms with Crippen LogP contribution in [0.1, 0.15) is 22.3 Å². The molecule has 0 atom stereocenters. The molecule has 126 valence electrons. The molecule has 2 aromatic rings. The molecule has 3 rings (SSSR count). The zero-order valence-corrected chi connectivity index (χ0v) is 14.1. The Kier molecular flexibility index (Phi) is 5.11. The zero-order chi connectivity index (χ0) is 16.9. The first-order valence-electron chi connectivity index (χ1n) is 7.70. The monoisotopic (exact) mass is 347 g/mol. The van der Waals surface area contributed by atoms with Crippen molar-refractivity contribution in [3.8, 4) is 17.2 Å². The van der Waals surface area contributed by atoms with Gasteiger partial charge in [0.1, 0.15) is 5.75 Å². The topological polar surface area (TPSA) is 56.8 Å². The van der Waals surface area contributed by atoms with Crippen LogP contribution in [0.15, 0.2) is 36.4 Å². The second-order valence-corrected chi connectivity index (χ2v) is 5.87. The molecule has 0 bridgehead atoms. The smallest absolute Gasteiger partial charge is 0.251 e. The number of amides is 1. The molecule has 0 unspecified atom stereocenters. The van der Waals surface area contributed by atoms with Crippen LogP contribution in [0.5, 0.6) is 17.2 Å². The first-order valence-corrected chi connectivity index (χ1v) is 8.08. The number of benzene rings is 2. The second kappa shape index (κ2) is 7.45. The van der Waals surface area contributed by atoms with Crippen molar-refractivity contribution in [2.75, 3.05) is 19.9 Å². The predicted molar refractivity (Wildman–Crippen MR) is 91.2 cm³/mol. The molecule has 0 radical (unpaired) electrons. The molecule has 2 aromatic carbocycles. The highest BCUT2D eigenvalue weighted by Crippen LogP contribution is 2.39. The number of hydrogen-bond acceptors (Lipinski definition) is 4. The van der Waals surface area contributed by atoms with Crippen LogP contribution < -0.4 is 19.5 Å². The van der Waals surface area contributed by atoms with Gasteiger partial charge in [-0.15, -0.1) is 0 Å². The fraction of sp³-hybridized carbons (Fsp3) is 0.278. The van der Waals surface area contributed by atoms with E-state index in [2.05, 4.69) is 5.32 Å². The Morgan fingerprint density at radius 2 is 2.17 bits per heavy atom. The largest absolute Gasteiger partial charge is 0.494 e. The minimum atomic E-state index is -0.203. The van der Waals surface area contributed by atoms with Crippen molar-refractivity contribution in [1.82, 2.24) is 5.32 Å². The molecule has 0 saturated heterocycles. The molecule has 0 spiro atoms. The van der Waals surface area contributed by atoms with Gasteiger partial charge in [0.05, 0.1) is 11.6 Å². The van der Waals surface area contributed by atoms with Gasteiger partial charge < -0.3 is 19.5 Å². The molecule has 5 nitrogen and oxygen atoms in total. The maximum atomic E-state index is 12.2. The molecule has 1 aliphatic rings. The Morgan fingerprint density at radius 3 is 3.00 bits per heavy atom. The quantitative estimate of drug-likeness (QED) is 0.811. The Balaban J connectivity index is 1.45. The number of hydrogen-bond donors (Lipinski definition) is 1. The van der Waals surface area contributed by atoms with Crippen molar-refractivity contribution in [2.45, 2.75) is 13.3 Å². The van der Waals surface area contributed by atoms with E-state index >= 15 is 0 Å². The van der Waals surface area contributed by atoms with Crippen molar-refractivity contribution in [3.05, 3.63) is 52.5 Å². The number of ether oxygens (including phenoxy) is 3. The summed E-state index contributed by atoms with van der Waals surface area (Å²) in [5.74, 6) is 1.62. The van der Waals surface area contributed by atoms with Crippen molar-refractivity contribution in [2.24, 2.45) is 0 Å². The van der Waals surface area contributed by atoms with Crippen LogP contribution in [0, 0.1) is 6.92 Å². The second-order valence-electron chi connectivity index (χ2n) is 5.47. The lowest BCUT2D eigenvalue weighted by atomic mass is 10.2. The highest BCUT2D eigenvalue weighted by atomic mass is 35.5. The van der Waals surface area contributed by atoms with Crippen molar-refractivity contribution in [1.29, 1.82) is 0 Å². The van der Waals surface area contributed by atoms with Gasteiger partial charge in [0.25, 0.3) is 5.91 Å². The standard InChI is InChI=1S/C18H18ClNO4/c1-12-4-2-5-14(8-12)22-7-3-6-20-18(21)13-9-15(19)17-16(10-13)23-11-24-17/h2,4-5,8-10H,3,6-7,11H2,1H3,(H,20,21). The van der Waals surface area contributed by atoms with Crippen LogP contribution >= 0.6 is 11.6 Å². The Labute approximate surface area is 145 Å². The van der Waals surface area contributed by atoms with Crippen LogP contribution in [-0.4, -0.2) is 25.9 Å². The van der Waals surface area contributed by atoms with E-state index in [1.807, 2.05) is 31.2 Å². The average Bonchev–Trinajstić information content (AvgIpc) is 3.03. The van der Waals surface area contributed by atoms with Gasteiger partial charge in [0.2, 0.25) is 6.79 Å². The maximum absolute atomic E-state index is 12.2. The first-order chi connectivity index (χ1) is 11.6. The Hall–Kier alpha value is -2.40. The average molecular weight is 348 g/mol. The minimum Gasteiger partial charge on any atom is -0.494 e. The highest BCUT2D eigenvalue weighted by molar-refractivity contribution is 6.32. The van der Waals surface area contributed by atoms with E-state index in [0.29, 0.717) is 41.7 Å². The van der Waals surface area contributed by atoms with Crippen LogP contribution in [0.25, 0.3) is 0 Å². The van der Waals surface area contributed by atoms with Crippen LogP contribution in [-0.2, 0) is 0 Å². The number of carbonyl (C=O) groups excluding carboxylic acids is 1.